The molecule has 5 heteroatoms. The van der Waals surface area contributed by atoms with Gasteiger partial charge in [0.2, 0.25) is 5.89 Å². The standard InChI is InChI=1S/C16H19ClN2O2/c17-13-7-3-4-11(8-13)9-15-18-16(21-19-15)10-14(20)12-5-1-2-6-12/h3-4,7-8,12,14,20H,1-2,5-6,9-10H2. The molecule has 1 aromatic heterocycles. The Morgan fingerprint density at radius 3 is 2.90 bits per heavy atom. The highest BCUT2D eigenvalue weighted by Crippen LogP contribution is 2.29. The van der Waals surface area contributed by atoms with Crippen molar-refractivity contribution in [3.8, 4) is 0 Å². The van der Waals surface area contributed by atoms with Gasteiger partial charge in [0.1, 0.15) is 0 Å². The minimum Gasteiger partial charge on any atom is -0.392 e. The number of nitrogens with zero attached hydrogens (tertiary/aromatic N) is 2. The number of hydrogen-bond donors (Lipinski definition) is 1. The lowest BCUT2D eigenvalue weighted by atomic mass is 9.98. The molecule has 1 saturated carbocycles. The van der Waals surface area contributed by atoms with E-state index in [0.717, 1.165) is 18.4 Å². The van der Waals surface area contributed by atoms with Gasteiger partial charge in [0.05, 0.1) is 12.5 Å². The monoisotopic (exact) mass is 306 g/mol. The number of benzene rings is 1. The second kappa shape index (κ2) is 6.58. The van der Waals surface area contributed by atoms with Crippen LogP contribution in [0.3, 0.4) is 0 Å². The first-order valence-electron chi connectivity index (χ1n) is 7.44. The second-order valence-corrected chi connectivity index (χ2v) is 6.16. The molecule has 1 aliphatic carbocycles. The van der Waals surface area contributed by atoms with Crippen LogP contribution in [0.25, 0.3) is 0 Å². The number of halogens is 1. The average Bonchev–Trinajstić information content (AvgIpc) is 3.10. The Kier molecular flexibility index (Phi) is 4.56. The number of aliphatic hydroxyl groups is 1. The highest BCUT2D eigenvalue weighted by molar-refractivity contribution is 6.30. The van der Waals surface area contributed by atoms with Gasteiger partial charge in [-0.3, -0.25) is 0 Å². The third-order valence-electron chi connectivity index (χ3n) is 4.09. The maximum absolute atomic E-state index is 10.2. The van der Waals surface area contributed by atoms with Crippen molar-refractivity contribution in [2.75, 3.05) is 0 Å². The summed E-state index contributed by atoms with van der Waals surface area (Å²) < 4.78 is 5.24. The summed E-state index contributed by atoms with van der Waals surface area (Å²) in [6.07, 6.45) is 5.30. The van der Waals surface area contributed by atoms with Crippen LogP contribution in [0.1, 0.15) is 43.0 Å². The molecule has 3 rings (SSSR count). The van der Waals surface area contributed by atoms with Crippen LogP contribution in [0, 0.1) is 5.92 Å². The van der Waals surface area contributed by atoms with Gasteiger partial charge in [-0.15, -0.1) is 0 Å². The van der Waals surface area contributed by atoms with Crippen molar-refractivity contribution in [3.63, 3.8) is 0 Å². The molecular weight excluding hydrogens is 288 g/mol. The van der Waals surface area contributed by atoms with Crippen molar-refractivity contribution in [1.29, 1.82) is 0 Å². The Morgan fingerprint density at radius 2 is 2.14 bits per heavy atom. The number of aliphatic hydroxyl groups excluding tert-OH is 1. The zero-order chi connectivity index (χ0) is 14.7. The normalized spacial score (nSPS) is 17.2. The smallest absolute Gasteiger partial charge is 0.229 e. The van der Waals surface area contributed by atoms with Crippen molar-refractivity contribution in [2.45, 2.75) is 44.6 Å². The molecule has 2 aromatic rings. The van der Waals surface area contributed by atoms with Crippen molar-refractivity contribution in [1.82, 2.24) is 10.1 Å². The van der Waals surface area contributed by atoms with Gasteiger partial charge in [0, 0.05) is 11.4 Å². The first kappa shape index (κ1) is 14.5. The Labute approximate surface area is 129 Å². The molecule has 21 heavy (non-hydrogen) atoms. The van der Waals surface area contributed by atoms with Gasteiger partial charge in [-0.05, 0) is 36.5 Å². The summed E-state index contributed by atoms with van der Waals surface area (Å²) in [7, 11) is 0. The molecule has 112 valence electrons. The summed E-state index contributed by atoms with van der Waals surface area (Å²) in [6, 6.07) is 7.62. The van der Waals surface area contributed by atoms with Crippen LogP contribution in [0.2, 0.25) is 5.02 Å². The summed E-state index contributed by atoms with van der Waals surface area (Å²) in [6.45, 7) is 0. The van der Waals surface area contributed by atoms with E-state index in [1.54, 1.807) is 0 Å². The molecule has 0 bridgehead atoms. The molecule has 1 heterocycles. The van der Waals surface area contributed by atoms with Crippen LogP contribution in [-0.2, 0) is 12.8 Å². The molecule has 1 fully saturated rings. The van der Waals surface area contributed by atoms with E-state index >= 15 is 0 Å². The highest BCUT2D eigenvalue weighted by atomic mass is 35.5. The predicted octanol–water partition coefficient (Wildman–Crippen LogP) is 3.41. The quantitative estimate of drug-likeness (QED) is 0.919. The van der Waals surface area contributed by atoms with Gasteiger partial charge >= 0.3 is 0 Å². The van der Waals surface area contributed by atoms with E-state index < -0.39 is 0 Å². The summed E-state index contributed by atoms with van der Waals surface area (Å²) in [5, 5.41) is 14.9. The molecular formula is C16H19ClN2O2. The summed E-state index contributed by atoms with van der Waals surface area (Å²) in [5.41, 5.74) is 1.05. The van der Waals surface area contributed by atoms with Gasteiger partial charge < -0.3 is 9.63 Å². The SMILES string of the molecule is OC(Cc1nc(Cc2cccc(Cl)c2)no1)C1CCCC1. The van der Waals surface area contributed by atoms with E-state index in [1.807, 2.05) is 24.3 Å². The summed E-state index contributed by atoms with van der Waals surface area (Å²) in [4.78, 5) is 4.37. The molecule has 1 atom stereocenters. The lowest BCUT2D eigenvalue weighted by molar-refractivity contribution is 0.102. The predicted molar refractivity (Wildman–Crippen MR) is 80.2 cm³/mol. The maximum atomic E-state index is 10.2. The van der Waals surface area contributed by atoms with Crippen LogP contribution in [0.5, 0.6) is 0 Å². The Bertz CT molecular complexity index is 593. The van der Waals surface area contributed by atoms with Gasteiger partial charge in [-0.25, -0.2) is 0 Å². The van der Waals surface area contributed by atoms with Crippen LogP contribution >= 0.6 is 11.6 Å². The minimum absolute atomic E-state index is 0.369. The second-order valence-electron chi connectivity index (χ2n) is 5.73. The average molecular weight is 307 g/mol. The van der Waals surface area contributed by atoms with E-state index in [1.165, 1.54) is 12.8 Å². The zero-order valence-corrected chi connectivity index (χ0v) is 12.6. The topological polar surface area (TPSA) is 59.2 Å². The molecule has 1 unspecified atom stereocenters. The summed E-state index contributed by atoms with van der Waals surface area (Å²) in [5.74, 6) is 1.53. The van der Waals surface area contributed by atoms with Crippen molar-refractivity contribution in [3.05, 3.63) is 46.6 Å². The highest BCUT2D eigenvalue weighted by Gasteiger charge is 2.25. The minimum atomic E-state index is -0.369. The Morgan fingerprint density at radius 1 is 1.33 bits per heavy atom. The molecule has 1 aliphatic rings. The maximum Gasteiger partial charge on any atom is 0.229 e. The fourth-order valence-corrected chi connectivity index (χ4v) is 3.17. The zero-order valence-electron chi connectivity index (χ0n) is 11.8. The van der Waals surface area contributed by atoms with Gasteiger partial charge in [0.25, 0.3) is 0 Å². The van der Waals surface area contributed by atoms with Crippen molar-refractivity contribution >= 4 is 11.6 Å². The molecule has 1 aromatic carbocycles. The Hall–Kier alpha value is -1.39. The molecule has 4 nitrogen and oxygen atoms in total. The molecule has 0 radical (unpaired) electrons. The van der Waals surface area contributed by atoms with E-state index in [4.69, 9.17) is 16.1 Å². The van der Waals surface area contributed by atoms with Crippen LogP contribution < -0.4 is 0 Å². The largest absolute Gasteiger partial charge is 0.392 e. The van der Waals surface area contributed by atoms with E-state index in [2.05, 4.69) is 10.1 Å². The van der Waals surface area contributed by atoms with E-state index in [0.29, 0.717) is 35.5 Å². The Balaban J connectivity index is 1.60. The number of aromatic nitrogens is 2. The molecule has 0 saturated heterocycles. The fraction of sp³-hybridized carbons (Fsp3) is 0.500. The number of rotatable bonds is 5. The third kappa shape index (κ3) is 3.83. The van der Waals surface area contributed by atoms with E-state index in [-0.39, 0.29) is 6.10 Å². The molecule has 1 N–H and O–H groups in total. The molecule has 0 spiro atoms. The first-order chi connectivity index (χ1) is 10.2. The first-order valence-corrected chi connectivity index (χ1v) is 7.82. The fourth-order valence-electron chi connectivity index (χ4n) is 2.96. The third-order valence-corrected chi connectivity index (χ3v) is 4.32. The van der Waals surface area contributed by atoms with Crippen LogP contribution in [-0.4, -0.2) is 21.4 Å². The van der Waals surface area contributed by atoms with Gasteiger partial charge in [-0.1, -0.05) is 41.7 Å². The van der Waals surface area contributed by atoms with Gasteiger partial charge in [0.15, 0.2) is 5.82 Å². The van der Waals surface area contributed by atoms with Crippen LogP contribution in [0.4, 0.5) is 0 Å². The van der Waals surface area contributed by atoms with Crippen molar-refractivity contribution < 1.29 is 9.63 Å². The molecule has 0 amide bonds. The van der Waals surface area contributed by atoms with E-state index in [9.17, 15) is 5.11 Å². The molecule has 0 aliphatic heterocycles. The van der Waals surface area contributed by atoms with Gasteiger partial charge in [-0.2, -0.15) is 4.98 Å². The van der Waals surface area contributed by atoms with Crippen LogP contribution in [0.15, 0.2) is 28.8 Å². The van der Waals surface area contributed by atoms with Crippen molar-refractivity contribution in [2.24, 2.45) is 5.92 Å². The lowest BCUT2D eigenvalue weighted by Gasteiger charge is -2.14. The lowest BCUT2D eigenvalue weighted by Crippen LogP contribution is -2.20. The summed E-state index contributed by atoms with van der Waals surface area (Å²) >= 11 is 5.96. The number of hydrogen-bond acceptors (Lipinski definition) is 4.